The lowest BCUT2D eigenvalue weighted by Gasteiger charge is -2.11. The summed E-state index contributed by atoms with van der Waals surface area (Å²) in [5.41, 5.74) is 0.938. The van der Waals surface area contributed by atoms with Crippen LogP contribution in [0.15, 0.2) is 41.2 Å². The molecule has 0 aliphatic rings. The summed E-state index contributed by atoms with van der Waals surface area (Å²) in [5, 5.41) is 10.5. The average molecular weight is 298 g/mol. The standard InChI is InChI=1S/C16H14N2O4/c1-21-12-7-9(8-13(22-2)14(12)19)15-17-11-6-4-3-5-10(11)16(20)18-15/h3-8,19H,1-2H3,(H,17,18,20). The van der Waals surface area contributed by atoms with Crippen LogP contribution >= 0.6 is 0 Å². The fourth-order valence-electron chi connectivity index (χ4n) is 2.25. The lowest BCUT2D eigenvalue weighted by atomic mass is 10.1. The maximum absolute atomic E-state index is 12.1. The Morgan fingerprint density at radius 2 is 1.73 bits per heavy atom. The molecule has 2 aromatic carbocycles. The van der Waals surface area contributed by atoms with Gasteiger partial charge in [0.1, 0.15) is 5.82 Å². The molecule has 3 aromatic rings. The molecular formula is C16H14N2O4. The fourth-order valence-corrected chi connectivity index (χ4v) is 2.25. The van der Waals surface area contributed by atoms with E-state index < -0.39 is 0 Å². The van der Waals surface area contributed by atoms with Gasteiger partial charge >= 0.3 is 0 Å². The van der Waals surface area contributed by atoms with Crippen molar-refractivity contribution < 1.29 is 14.6 Å². The largest absolute Gasteiger partial charge is 0.502 e. The lowest BCUT2D eigenvalue weighted by molar-refractivity contribution is 0.340. The van der Waals surface area contributed by atoms with Crippen molar-refractivity contribution in [2.24, 2.45) is 0 Å². The third-order valence-corrected chi connectivity index (χ3v) is 3.37. The van der Waals surface area contributed by atoms with Crippen LogP contribution in [0.5, 0.6) is 17.2 Å². The second kappa shape index (κ2) is 5.40. The second-order valence-corrected chi connectivity index (χ2v) is 4.66. The molecule has 112 valence electrons. The zero-order valence-electron chi connectivity index (χ0n) is 12.1. The van der Waals surface area contributed by atoms with Gasteiger partial charge in [0.2, 0.25) is 5.75 Å². The zero-order valence-corrected chi connectivity index (χ0v) is 12.1. The van der Waals surface area contributed by atoms with Crippen LogP contribution in [-0.2, 0) is 0 Å². The summed E-state index contributed by atoms with van der Waals surface area (Å²) in [5.74, 6) is 0.757. The van der Waals surface area contributed by atoms with E-state index in [1.54, 1.807) is 30.3 Å². The number of phenols is 1. The number of phenolic OH excluding ortho intramolecular Hbond substituents is 1. The average Bonchev–Trinajstić information content (AvgIpc) is 2.55. The summed E-state index contributed by atoms with van der Waals surface area (Å²) in [7, 11) is 2.88. The Labute approximate surface area is 126 Å². The first-order valence-corrected chi connectivity index (χ1v) is 6.58. The minimum Gasteiger partial charge on any atom is -0.502 e. The third kappa shape index (κ3) is 2.24. The molecule has 22 heavy (non-hydrogen) atoms. The third-order valence-electron chi connectivity index (χ3n) is 3.37. The maximum atomic E-state index is 12.1. The SMILES string of the molecule is COc1cc(-c2nc3ccccc3c(=O)[nH]2)cc(OC)c1O. The number of aromatic amines is 1. The van der Waals surface area contributed by atoms with Gasteiger partial charge in [-0.05, 0) is 24.3 Å². The number of nitrogens with one attached hydrogen (secondary N) is 1. The maximum Gasteiger partial charge on any atom is 0.259 e. The van der Waals surface area contributed by atoms with Crippen molar-refractivity contribution in [2.45, 2.75) is 0 Å². The molecule has 1 heterocycles. The minimum atomic E-state index is -0.230. The lowest BCUT2D eigenvalue weighted by Crippen LogP contribution is -2.09. The number of nitrogens with zero attached hydrogens (tertiary/aromatic N) is 1. The van der Waals surface area contributed by atoms with Gasteiger partial charge in [0.05, 0.1) is 25.1 Å². The fraction of sp³-hybridized carbons (Fsp3) is 0.125. The number of aromatic hydroxyl groups is 1. The molecule has 0 aliphatic heterocycles. The highest BCUT2D eigenvalue weighted by molar-refractivity contribution is 5.79. The van der Waals surface area contributed by atoms with E-state index in [2.05, 4.69) is 9.97 Å². The first kappa shape index (κ1) is 13.9. The topological polar surface area (TPSA) is 84.4 Å². The Balaban J connectivity index is 2.25. The normalized spacial score (nSPS) is 10.6. The summed E-state index contributed by atoms with van der Waals surface area (Å²) < 4.78 is 10.2. The van der Waals surface area contributed by atoms with E-state index in [1.807, 2.05) is 6.07 Å². The molecule has 0 radical (unpaired) electrons. The Morgan fingerprint density at radius 3 is 2.36 bits per heavy atom. The molecule has 0 saturated carbocycles. The number of methoxy groups -OCH3 is 2. The van der Waals surface area contributed by atoms with E-state index in [9.17, 15) is 9.90 Å². The molecule has 0 amide bonds. The molecule has 0 saturated heterocycles. The van der Waals surface area contributed by atoms with Gasteiger partial charge in [-0.1, -0.05) is 12.1 Å². The van der Waals surface area contributed by atoms with Crippen molar-refractivity contribution in [1.82, 2.24) is 9.97 Å². The van der Waals surface area contributed by atoms with Gasteiger partial charge in [0.25, 0.3) is 5.56 Å². The summed E-state index contributed by atoms with van der Waals surface area (Å²) >= 11 is 0. The van der Waals surface area contributed by atoms with Crippen molar-refractivity contribution in [3.8, 4) is 28.6 Å². The van der Waals surface area contributed by atoms with Crippen molar-refractivity contribution in [2.75, 3.05) is 14.2 Å². The van der Waals surface area contributed by atoms with Crippen molar-refractivity contribution in [1.29, 1.82) is 0 Å². The van der Waals surface area contributed by atoms with Crippen LogP contribution in [0.1, 0.15) is 0 Å². The van der Waals surface area contributed by atoms with Crippen LogP contribution < -0.4 is 15.0 Å². The van der Waals surface area contributed by atoms with Gasteiger partial charge < -0.3 is 19.6 Å². The van der Waals surface area contributed by atoms with Gasteiger partial charge in [-0.3, -0.25) is 4.79 Å². The van der Waals surface area contributed by atoms with Crippen LogP contribution in [0, 0.1) is 0 Å². The quantitative estimate of drug-likeness (QED) is 0.775. The van der Waals surface area contributed by atoms with Gasteiger partial charge in [-0.25, -0.2) is 4.98 Å². The number of ether oxygens (including phenoxy) is 2. The zero-order chi connectivity index (χ0) is 15.7. The molecule has 3 rings (SSSR count). The first-order valence-electron chi connectivity index (χ1n) is 6.58. The van der Waals surface area contributed by atoms with Crippen LogP contribution in [0.2, 0.25) is 0 Å². The number of aromatic nitrogens is 2. The predicted octanol–water partition coefficient (Wildman–Crippen LogP) is 2.31. The van der Waals surface area contributed by atoms with Crippen molar-refractivity contribution >= 4 is 10.9 Å². The van der Waals surface area contributed by atoms with E-state index in [0.29, 0.717) is 22.3 Å². The predicted molar refractivity (Wildman–Crippen MR) is 82.6 cm³/mol. The molecule has 0 atom stereocenters. The van der Waals surface area contributed by atoms with E-state index in [-0.39, 0.29) is 22.8 Å². The number of H-pyrrole nitrogens is 1. The monoisotopic (exact) mass is 298 g/mol. The molecule has 2 N–H and O–H groups in total. The minimum absolute atomic E-state index is 0.100. The Hall–Kier alpha value is -3.02. The highest BCUT2D eigenvalue weighted by Gasteiger charge is 2.14. The Bertz CT molecular complexity index is 877. The Kier molecular flexibility index (Phi) is 3.42. The van der Waals surface area contributed by atoms with E-state index >= 15 is 0 Å². The van der Waals surface area contributed by atoms with Crippen LogP contribution in [0.3, 0.4) is 0 Å². The highest BCUT2D eigenvalue weighted by atomic mass is 16.5. The summed E-state index contributed by atoms with van der Waals surface area (Å²) in [6, 6.07) is 10.3. The molecule has 0 fully saturated rings. The van der Waals surface area contributed by atoms with Gasteiger partial charge in [0.15, 0.2) is 11.5 Å². The number of hydrogen-bond acceptors (Lipinski definition) is 5. The Morgan fingerprint density at radius 1 is 1.09 bits per heavy atom. The van der Waals surface area contributed by atoms with Gasteiger partial charge in [-0.2, -0.15) is 0 Å². The number of hydrogen-bond donors (Lipinski definition) is 2. The smallest absolute Gasteiger partial charge is 0.259 e. The molecule has 0 unspecified atom stereocenters. The summed E-state index contributed by atoms with van der Waals surface area (Å²) in [6.45, 7) is 0. The second-order valence-electron chi connectivity index (χ2n) is 4.66. The highest BCUT2D eigenvalue weighted by Crippen LogP contribution is 2.39. The molecule has 1 aromatic heterocycles. The summed E-state index contributed by atoms with van der Waals surface area (Å²) in [4.78, 5) is 19.3. The van der Waals surface area contributed by atoms with Crippen molar-refractivity contribution in [3.63, 3.8) is 0 Å². The molecule has 6 nitrogen and oxygen atoms in total. The number of fused-ring (bicyclic) bond motifs is 1. The number of rotatable bonds is 3. The van der Waals surface area contributed by atoms with Gasteiger partial charge in [-0.15, -0.1) is 0 Å². The number of benzene rings is 2. The van der Waals surface area contributed by atoms with Gasteiger partial charge in [0, 0.05) is 5.56 Å². The van der Waals surface area contributed by atoms with E-state index in [4.69, 9.17) is 9.47 Å². The van der Waals surface area contributed by atoms with Crippen LogP contribution in [0.25, 0.3) is 22.3 Å². The van der Waals surface area contributed by atoms with Crippen LogP contribution in [-0.4, -0.2) is 29.3 Å². The molecule has 0 bridgehead atoms. The van der Waals surface area contributed by atoms with E-state index in [0.717, 1.165) is 0 Å². The first-order chi connectivity index (χ1) is 10.6. The summed E-state index contributed by atoms with van der Waals surface area (Å²) in [6.07, 6.45) is 0. The number of para-hydroxylation sites is 1. The molecule has 0 aliphatic carbocycles. The van der Waals surface area contributed by atoms with Crippen LogP contribution in [0.4, 0.5) is 0 Å². The molecule has 0 spiro atoms. The molecular weight excluding hydrogens is 284 g/mol. The van der Waals surface area contributed by atoms with Crippen molar-refractivity contribution in [3.05, 3.63) is 46.8 Å². The van der Waals surface area contributed by atoms with E-state index in [1.165, 1.54) is 14.2 Å². The molecule has 6 heteroatoms.